The average molecular weight is 253 g/mol. The molecule has 2 aliphatic rings. The highest BCUT2D eigenvalue weighted by molar-refractivity contribution is 4.87. The fourth-order valence-corrected chi connectivity index (χ4v) is 3.04. The highest BCUT2D eigenvalue weighted by Crippen LogP contribution is 2.27. The molecule has 1 heterocycles. The minimum absolute atomic E-state index is 0.672. The number of nitrogens with zero attached hydrogens (tertiary/aromatic N) is 2. The van der Waals surface area contributed by atoms with Crippen molar-refractivity contribution in [2.75, 3.05) is 33.7 Å². The zero-order valence-electron chi connectivity index (χ0n) is 12.7. The maximum atomic E-state index is 3.77. The van der Waals surface area contributed by atoms with Crippen molar-refractivity contribution in [2.24, 2.45) is 5.92 Å². The highest BCUT2D eigenvalue weighted by atomic mass is 15.2. The van der Waals surface area contributed by atoms with Crippen molar-refractivity contribution < 1.29 is 0 Å². The standard InChI is InChI=1S/C15H31N3/c1-12(18(4)15-5-6-15)11-16-13(2)14-7-9-17(3)10-8-14/h12-16H,5-11H2,1-4H3. The second kappa shape index (κ2) is 6.36. The van der Waals surface area contributed by atoms with Crippen LogP contribution in [0.3, 0.4) is 0 Å². The van der Waals surface area contributed by atoms with Crippen LogP contribution in [0.5, 0.6) is 0 Å². The van der Waals surface area contributed by atoms with E-state index in [-0.39, 0.29) is 0 Å². The van der Waals surface area contributed by atoms with Crippen molar-refractivity contribution in [1.82, 2.24) is 15.1 Å². The van der Waals surface area contributed by atoms with Crippen molar-refractivity contribution in [3.05, 3.63) is 0 Å². The lowest BCUT2D eigenvalue weighted by molar-refractivity contribution is 0.178. The van der Waals surface area contributed by atoms with E-state index >= 15 is 0 Å². The van der Waals surface area contributed by atoms with Crippen LogP contribution in [0.1, 0.15) is 39.5 Å². The summed E-state index contributed by atoms with van der Waals surface area (Å²) in [6.07, 6.45) is 5.53. The lowest BCUT2D eigenvalue weighted by Crippen LogP contribution is -2.46. The van der Waals surface area contributed by atoms with Gasteiger partial charge in [0.05, 0.1) is 0 Å². The number of hydrogen-bond acceptors (Lipinski definition) is 3. The van der Waals surface area contributed by atoms with Crippen LogP contribution < -0.4 is 5.32 Å². The number of nitrogens with one attached hydrogen (secondary N) is 1. The van der Waals surface area contributed by atoms with Gasteiger partial charge in [-0.3, -0.25) is 4.90 Å². The molecule has 18 heavy (non-hydrogen) atoms. The summed E-state index contributed by atoms with van der Waals surface area (Å²) in [5.41, 5.74) is 0. The molecule has 0 aromatic rings. The van der Waals surface area contributed by atoms with Gasteiger partial charge in [-0.15, -0.1) is 0 Å². The van der Waals surface area contributed by atoms with Gasteiger partial charge in [-0.25, -0.2) is 0 Å². The fraction of sp³-hybridized carbons (Fsp3) is 1.00. The van der Waals surface area contributed by atoms with Gasteiger partial charge < -0.3 is 10.2 Å². The summed E-state index contributed by atoms with van der Waals surface area (Å²) in [6.45, 7) is 8.41. The topological polar surface area (TPSA) is 18.5 Å². The first-order valence-electron chi connectivity index (χ1n) is 7.71. The Morgan fingerprint density at radius 1 is 1.17 bits per heavy atom. The third-order valence-electron chi connectivity index (χ3n) is 5.02. The molecule has 1 saturated carbocycles. The first-order chi connectivity index (χ1) is 8.58. The molecule has 1 aliphatic heterocycles. The molecule has 1 saturated heterocycles. The number of likely N-dealkylation sites (N-methyl/N-ethyl adjacent to an activating group) is 1. The predicted octanol–water partition coefficient (Wildman–Crippen LogP) is 1.79. The van der Waals surface area contributed by atoms with Crippen LogP contribution in [0.25, 0.3) is 0 Å². The number of rotatable bonds is 6. The Labute approximate surface area is 113 Å². The van der Waals surface area contributed by atoms with E-state index in [1.807, 2.05) is 0 Å². The first kappa shape index (κ1) is 14.3. The maximum Gasteiger partial charge on any atom is 0.0192 e. The molecule has 0 aromatic carbocycles. The van der Waals surface area contributed by atoms with Gasteiger partial charge in [0.15, 0.2) is 0 Å². The van der Waals surface area contributed by atoms with Crippen molar-refractivity contribution >= 4 is 0 Å². The van der Waals surface area contributed by atoms with E-state index in [1.165, 1.54) is 38.8 Å². The SMILES string of the molecule is CC(NCC(C)N(C)C1CC1)C1CCN(C)CC1. The molecule has 3 nitrogen and oxygen atoms in total. The molecule has 0 amide bonds. The largest absolute Gasteiger partial charge is 0.312 e. The Morgan fingerprint density at radius 3 is 2.33 bits per heavy atom. The Bertz CT molecular complexity index is 244. The molecule has 2 unspecified atom stereocenters. The van der Waals surface area contributed by atoms with Crippen LogP contribution in [0.4, 0.5) is 0 Å². The second-order valence-corrected chi connectivity index (χ2v) is 6.58. The third kappa shape index (κ3) is 3.94. The lowest BCUT2D eigenvalue weighted by Gasteiger charge is -2.34. The van der Waals surface area contributed by atoms with E-state index in [0.717, 1.165) is 18.5 Å². The zero-order chi connectivity index (χ0) is 13.1. The average Bonchev–Trinajstić information content (AvgIpc) is 3.19. The Hall–Kier alpha value is -0.120. The molecule has 0 bridgehead atoms. The van der Waals surface area contributed by atoms with Crippen LogP contribution in [0.2, 0.25) is 0 Å². The van der Waals surface area contributed by atoms with Crippen molar-refractivity contribution in [3.63, 3.8) is 0 Å². The normalized spacial score (nSPS) is 26.5. The summed E-state index contributed by atoms with van der Waals surface area (Å²) in [5, 5.41) is 3.77. The van der Waals surface area contributed by atoms with Crippen LogP contribution in [0, 0.1) is 5.92 Å². The van der Waals surface area contributed by atoms with Gasteiger partial charge in [-0.05, 0) is 72.6 Å². The maximum absolute atomic E-state index is 3.77. The van der Waals surface area contributed by atoms with E-state index < -0.39 is 0 Å². The van der Waals surface area contributed by atoms with E-state index in [4.69, 9.17) is 0 Å². The number of piperidine rings is 1. The molecular formula is C15H31N3. The summed E-state index contributed by atoms with van der Waals surface area (Å²) in [6, 6.07) is 2.22. The van der Waals surface area contributed by atoms with Crippen LogP contribution in [-0.2, 0) is 0 Å². The summed E-state index contributed by atoms with van der Waals surface area (Å²) < 4.78 is 0. The van der Waals surface area contributed by atoms with Crippen LogP contribution in [0.15, 0.2) is 0 Å². The molecule has 2 atom stereocenters. The highest BCUT2D eigenvalue weighted by Gasteiger charge is 2.29. The minimum Gasteiger partial charge on any atom is -0.312 e. The van der Waals surface area contributed by atoms with Crippen LogP contribution >= 0.6 is 0 Å². The van der Waals surface area contributed by atoms with Gasteiger partial charge in [-0.2, -0.15) is 0 Å². The number of hydrogen-bond donors (Lipinski definition) is 1. The molecule has 1 N–H and O–H groups in total. The van der Waals surface area contributed by atoms with Gasteiger partial charge in [0, 0.05) is 24.7 Å². The van der Waals surface area contributed by atoms with Crippen molar-refractivity contribution in [1.29, 1.82) is 0 Å². The quantitative estimate of drug-likeness (QED) is 0.778. The molecule has 2 fully saturated rings. The molecule has 3 heteroatoms. The van der Waals surface area contributed by atoms with Gasteiger partial charge in [-0.1, -0.05) is 0 Å². The van der Waals surface area contributed by atoms with Gasteiger partial charge in [0.25, 0.3) is 0 Å². The van der Waals surface area contributed by atoms with Crippen molar-refractivity contribution in [3.8, 4) is 0 Å². The van der Waals surface area contributed by atoms with Crippen LogP contribution in [-0.4, -0.2) is 61.7 Å². The van der Waals surface area contributed by atoms with E-state index in [9.17, 15) is 0 Å². The Morgan fingerprint density at radius 2 is 1.78 bits per heavy atom. The molecule has 0 aromatic heterocycles. The summed E-state index contributed by atoms with van der Waals surface area (Å²) in [4.78, 5) is 5.00. The van der Waals surface area contributed by atoms with Gasteiger partial charge in [0.1, 0.15) is 0 Å². The minimum atomic E-state index is 0.672. The monoisotopic (exact) mass is 253 g/mol. The van der Waals surface area contributed by atoms with E-state index in [0.29, 0.717) is 12.1 Å². The van der Waals surface area contributed by atoms with Gasteiger partial charge >= 0.3 is 0 Å². The smallest absolute Gasteiger partial charge is 0.0192 e. The molecule has 0 spiro atoms. The Balaban J connectivity index is 1.65. The molecule has 0 radical (unpaired) electrons. The third-order valence-corrected chi connectivity index (χ3v) is 5.02. The summed E-state index contributed by atoms with van der Waals surface area (Å²) in [7, 11) is 4.52. The first-order valence-corrected chi connectivity index (χ1v) is 7.71. The zero-order valence-corrected chi connectivity index (χ0v) is 12.7. The summed E-state index contributed by atoms with van der Waals surface area (Å²) >= 11 is 0. The molecule has 1 aliphatic carbocycles. The number of likely N-dealkylation sites (tertiary alicyclic amines) is 1. The van der Waals surface area contributed by atoms with Crippen molar-refractivity contribution in [2.45, 2.75) is 57.7 Å². The van der Waals surface area contributed by atoms with E-state index in [2.05, 4.69) is 43.1 Å². The lowest BCUT2D eigenvalue weighted by atomic mass is 9.90. The Kier molecular flexibility index (Phi) is 5.05. The molecular weight excluding hydrogens is 222 g/mol. The van der Waals surface area contributed by atoms with E-state index in [1.54, 1.807) is 0 Å². The van der Waals surface area contributed by atoms with Gasteiger partial charge in [0.2, 0.25) is 0 Å². The summed E-state index contributed by atoms with van der Waals surface area (Å²) in [5.74, 6) is 0.875. The predicted molar refractivity (Wildman–Crippen MR) is 77.9 cm³/mol. The fourth-order valence-electron chi connectivity index (χ4n) is 3.04. The molecule has 106 valence electrons. The molecule has 2 rings (SSSR count). The second-order valence-electron chi connectivity index (χ2n) is 6.58.